The van der Waals surface area contributed by atoms with Gasteiger partial charge < -0.3 is 24.2 Å². The number of carboxylic acids is 1. The molecule has 2 saturated heterocycles. The lowest BCUT2D eigenvalue weighted by molar-refractivity contribution is -0.160. The van der Waals surface area contributed by atoms with Gasteiger partial charge in [0, 0.05) is 42.0 Å². The van der Waals surface area contributed by atoms with Crippen molar-refractivity contribution in [3.63, 3.8) is 0 Å². The zero-order valence-electron chi connectivity index (χ0n) is 23.0. The SMILES string of the molecule is Cc1ncc(-c2ccc(OCCC3COC3)cn2)c(N2CCC(C)(C)CC2)c1[C@H](OC(C)(C)C)C(=O)O. The summed E-state index contributed by atoms with van der Waals surface area (Å²) in [5.74, 6) is 0.271. The highest BCUT2D eigenvalue weighted by atomic mass is 16.5. The van der Waals surface area contributed by atoms with Gasteiger partial charge in [0.05, 0.1) is 43.0 Å². The number of anilines is 1. The molecule has 0 unspecified atom stereocenters. The molecule has 2 aliphatic heterocycles. The van der Waals surface area contributed by atoms with E-state index < -0.39 is 17.7 Å². The molecule has 8 heteroatoms. The van der Waals surface area contributed by atoms with Gasteiger partial charge in [-0.05, 0) is 64.5 Å². The number of pyridine rings is 2. The van der Waals surface area contributed by atoms with E-state index in [1.165, 1.54) is 0 Å². The molecule has 2 aromatic rings. The summed E-state index contributed by atoms with van der Waals surface area (Å²) in [5.41, 5.74) is 3.25. The van der Waals surface area contributed by atoms with Crippen molar-refractivity contribution >= 4 is 11.7 Å². The second-order valence-electron chi connectivity index (χ2n) is 12.0. The lowest BCUT2D eigenvalue weighted by Crippen LogP contribution is -2.39. The van der Waals surface area contributed by atoms with Gasteiger partial charge in [0.25, 0.3) is 0 Å². The standard InChI is InChI=1S/C29H41N3O5/c1-19-24(26(27(33)34)37-28(2,3)4)25(32-12-10-29(5,6)11-13-32)22(16-30-19)23-8-7-21(15-31-23)36-14-9-20-17-35-18-20/h7-8,15-16,20,26H,9-14,17-18H2,1-6H3,(H,33,34)/t26-/m0/s1. The molecule has 2 fully saturated rings. The highest BCUT2D eigenvalue weighted by molar-refractivity contribution is 5.85. The Morgan fingerprint density at radius 2 is 1.89 bits per heavy atom. The van der Waals surface area contributed by atoms with Crippen LogP contribution in [0.1, 0.15) is 71.2 Å². The Bertz CT molecular complexity index is 1080. The van der Waals surface area contributed by atoms with E-state index in [2.05, 4.69) is 23.7 Å². The Labute approximate surface area is 220 Å². The predicted octanol–water partition coefficient (Wildman–Crippen LogP) is 5.43. The van der Waals surface area contributed by atoms with Crippen LogP contribution in [-0.4, -0.2) is 59.6 Å². The van der Waals surface area contributed by atoms with E-state index in [0.717, 1.165) is 62.5 Å². The Morgan fingerprint density at radius 3 is 2.43 bits per heavy atom. The minimum Gasteiger partial charge on any atom is -0.492 e. The average Bonchev–Trinajstić information content (AvgIpc) is 2.79. The summed E-state index contributed by atoms with van der Waals surface area (Å²) in [6.45, 7) is 15.9. The Hall–Kier alpha value is -2.71. The summed E-state index contributed by atoms with van der Waals surface area (Å²) in [4.78, 5) is 24.2. The second-order valence-corrected chi connectivity index (χ2v) is 12.0. The first-order chi connectivity index (χ1) is 17.4. The summed E-state index contributed by atoms with van der Waals surface area (Å²) >= 11 is 0. The normalized spacial score (nSPS) is 18.8. The topological polar surface area (TPSA) is 94.0 Å². The molecule has 202 valence electrons. The third-order valence-electron chi connectivity index (χ3n) is 7.19. The maximum absolute atomic E-state index is 12.5. The predicted molar refractivity (Wildman–Crippen MR) is 143 cm³/mol. The summed E-state index contributed by atoms with van der Waals surface area (Å²) in [6.07, 6.45) is 5.39. The molecule has 0 aliphatic carbocycles. The molecule has 0 spiro atoms. The van der Waals surface area contributed by atoms with Gasteiger partial charge in [-0.3, -0.25) is 9.97 Å². The van der Waals surface area contributed by atoms with Crippen LogP contribution in [0.5, 0.6) is 5.75 Å². The molecule has 4 heterocycles. The van der Waals surface area contributed by atoms with Gasteiger partial charge in [-0.15, -0.1) is 0 Å². The third kappa shape index (κ3) is 6.79. The molecular weight excluding hydrogens is 470 g/mol. The molecule has 0 aromatic carbocycles. The first-order valence-corrected chi connectivity index (χ1v) is 13.3. The lowest BCUT2D eigenvalue weighted by atomic mass is 9.82. The van der Waals surface area contributed by atoms with Gasteiger partial charge >= 0.3 is 5.97 Å². The van der Waals surface area contributed by atoms with Crippen molar-refractivity contribution in [2.24, 2.45) is 11.3 Å². The number of carbonyl (C=O) groups is 1. The first kappa shape index (κ1) is 27.3. The molecule has 2 aliphatic rings. The molecule has 0 bridgehead atoms. The fourth-order valence-corrected chi connectivity index (χ4v) is 4.79. The van der Waals surface area contributed by atoms with E-state index in [0.29, 0.717) is 29.5 Å². The highest BCUT2D eigenvalue weighted by Gasteiger charge is 2.36. The number of ether oxygens (including phenoxy) is 3. The smallest absolute Gasteiger partial charge is 0.337 e. The molecule has 8 nitrogen and oxygen atoms in total. The molecular formula is C29H41N3O5. The fourth-order valence-electron chi connectivity index (χ4n) is 4.79. The maximum Gasteiger partial charge on any atom is 0.337 e. The van der Waals surface area contributed by atoms with Crippen molar-refractivity contribution < 1.29 is 24.1 Å². The molecule has 0 saturated carbocycles. The van der Waals surface area contributed by atoms with Crippen LogP contribution >= 0.6 is 0 Å². The van der Waals surface area contributed by atoms with E-state index in [1.54, 1.807) is 6.20 Å². The number of aryl methyl sites for hydroxylation is 1. The number of hydrogen-bond donors (Lipinski definition) is 1. The van der Waals surface area contributed by atoms with E-state index >= 15 is 0 Å². The largest absolute Gasteiger partial charge is 0.492 e. The summed E-state index contributed by atoms with van der Waals surface area (Å²) in [6, 6.07) is 3.85. The van der Waals surface area contributed by atoms with E-state index in [-0.39, 0.29) is 5.41 Å². The molecule has 1 N–H and O–H groups in total. The molecule has 1 atom stereocenters. The fraction of sp³-hybridized carbons (Fsp3) is 0.621. The average molecular weight is 512 g/mol. The summed E-state index contributed by atoms with van der Waals surface area (Å²) < 4.78 is 17.2. The number of piperidine rings is 1. The van der Waals surface area contributed by atoms with Crippen LogP contribution in [0.3, 0.4) is 0 Å². The number of nitrogens with zero attached hydrogens (tertiary/aromatic N) is 3. The van der Waals surface area contributed by atoms with Crippen LogP contribution in [0.2, 0.25) is 0 Å². The molecule has 2 aromatic heterocycles. The van der Waals surface area contributed by atoms with Crippen molar-refractivity contribution in [2.75, 3.05) is 37.8 Å². The molecule has 0 amide bonds. The van der Waals surface area contributed by atoms with Gasteiger partial charge in [-0.1, -0.05) is 13.8 Å². The van der Waals surface area contributed by atoms with Crippen LogP contribution in [0.15, 0.2) is 24.5 Å². The van der Waals surface area contributed by atoms with Gasteiger partial charge in [0.1, 0.15) is 5.75 Å². The van der Waals surface area contributed by atoms with E-state index in [9.17, 15) is 9.90 Å². The van der Waals surface area contributed by atoms with E-state index in [1.807, 2.05) is 46.0 Å². The molecule has 4 rings (SSSR count). The van der Waals surface area contributed by atoms with Crippen molar-refractivity contribution in [1.29, 1.82) is 0 Å². The Morgan fingerprint density at radius 1 is 1.19 bits per heavy atom. The first-order valence-electron chi connectivity index (χ1n) is 13.3. The van der Waals surface area contributed by atoms with Gasteiger partial charge in [-0.25, -0.2) is 4.79 Å². The van der Waals surface area contributed by atoms with Crippen LogP contribution in [0.4, 0.5) is 5.69 Å². The Kier molecular flexibility index (Phi) is 8.09. The van der Waals surface area contributed by atoms with Gasteiger partial charge in [0.2, 0.25) is 0 Å². The number of aromatic nitrogens is 2. The monoisotopic (exact) mass is 511 g/mol. The summed E-state index contributed by atoms with van der Waals surface area (Å²) in [5, 5.41) is 10.3. The minimum atomic E-state index is -1.14. The van der Waals surface area contributed by atoms with E-state index in [4.69, 9.17) is 19.2 Å². The van der Waals surface area contributed by atoms with Crippen molar-refractivity contribution in [3.05, 3.63) is 35.8 Å². The lowest BCUT2D eigenvalue weighted by Gasteiger charge is -2.40. The minimum absolute atomic E-state index is 0.246. The van der Waals surface area contributed by atoms with Crippen LogP contribution < -0.4 is 9.64 Å². The van der Waals surface area contributed by atoms with Crippen LogP contribution in [0.25, 0.3) is 11.3 Å². The zero-order valence-corrected chi connectivity index (χ0v) is 23.0. The molecule has 0 radical (unpaired) electrons. The number of hydrogen-bond acceptors (Lipinski definition) is 7. The van der Waals surface area contributed by atoms with Crippen molar-refractivity contribution in [3.8, 4) is 17.0 Å². The van der Waals surface area contributed by atoms with Gasteiger partial charge in [-0.2, -0.15) is 0 Å². The van der Waals surface area contributed by atoms with Crippen LogP contribution in [-0.2, 0) is 14.3 Å². The van der Waals surface area contributed by atoms with Crippen LogP contribution in [0, 0.1) is 18.3 Å². The number of rotatable bonds is 9. The van der Waals surface area contributed by atoms with Crippen molar-refractivity contribution in [2.45, 2.75) is 72.5 Å². The second kappa shape index (κ2) is 11.0. The third-order valence-corrected chi connectivity index (χ3v) is 7.19. The quantitative estimate of drug-likeness (QED) is 0.476. The molecule has 37 heavy (non-hydrogen) atoms. The number of aliphatic carboxylic acids is 1. The summed E-state index contributed by atoms with van der Waals surface area (Å²) in [7, 11) is 0. The highest BCUT2D eigenvalue weighted by Crippen LogP contribution is 2.43. The zero-order chi connectivity index (χ0) is 26.8. The van der Waals surface area contributed by atoms with Gasteiger partial charge in [0.15, 0.2) is 6.10 Å². The number of carboxylic acid groups (broad SMARTS) is 1. The Balaban J connectivity index is 1.71. The maximum atomic E-state index is 12.5. The van der Waals surface area contributed by atoms with Crippen molar-refractivity contribution in [1.82, 2.24) is 9.97 Å².